The van der Waals surface area contributed by atoms with Gasteiger partial charge >= 0.3 is 0 Å². The first-order chi connectivity index (χ1) is 15.7. The molecule has 1 heterocycles. The number of rotatable bonds is 8. The maximum Gasteiger partial charge on any atom is 0.295 e. The van der Waals surface area contributed by atoms with Crippen LogP contribution in [0.2, 0.25) is 5.02 Å². The topological polar surface area (TPSA) is 88.5 Å². The van der Waals surface area contributed by atoms with Gasteiger partial charge in [0.15, 0.2) is 0 Å². The first kappa shape index (κ1) is 24.4. The Morgan fingerprint density at radius 1 is 1.03 bits per heavy atom. The Labute approximate surface area is 197 Å². The fourth-order valence-corrected chi connectivity index (χ4v) is 4.02. The fourth-order valence-electron chi connectivity index (χ4n) is 3.76. The van der Waals surface area contributed by atoms with Crippen molar-refractivity contribution in [2.24, 2.45) is 0 Å². The minimum absolute atomic E-state index is 0.0495. The second kappa shape index (κ2) is 10.1. The molecule has 0 aromatic heterocycles. The van der Waals surface area contributed by atoms with E-state index in [2.05, 4.69) is 0 Å². The number of benzene rings is 2. The van der Waals surface area contributed by atoms with Gasteiger partial charge < -0.3 is 29.1 Å². The number of ether oxygens (including phenoxy) is 3. The lowest BCUT2D eigenvalue weighted by Crippen LogP contribution is -2.35. The van der Waals surface area contributed by atoms with E-state index in [1.165, 1.54) is 32.3 Å². The number of aliphatic hydroxyl groups is 1. The average molecular weight is 475 g/mol. The van der Waals surface area contributed by atoms with Crippen LogP contribution in [0.1, 0.15) is 17.2 Å². The van der Waals surface area contributed by atoms with Crippen LogP contribution in [0.5, 0.6) is 17.2 Å². The van der Waals surface area contributed by atoms with Crippen molar-refractivity contribution in [2.45, 2.75) is 6.04 Å². The molecule has 1 atom stereocenters. The number of amides is 1. The molecule has 0 aliphatic carbocycles. The van der Waals surface area contributed by atoms with Gasteiger partial charge in [-0.3, -0.25) is 9.59 Å². The van der Waals surface area contributed by atoms with Crippen molar-refractivity contribution in [3.05, 3.63) is 58.1 Å². The summed E-state index contributed by atoms with van der Waals surface area (Å²) in [4.78, 5) is 29.6. The molecule has 1 amide bonds. The summed E-state index contributed by atoms with van der Waals surface area (Å²) in [6, 6.07) is 8.89. The summed E-state index contributed by atoms with van der Waals surface area (Å²) in [6.45, 7) is 0.785. The molecule has 33 heavy (non-hydrogen) atoms. The van der Waals surface area contributed by atoms with Crippen molar-refractivity contribution >= 4 is 29.1 Å². The van der Waals surface area contributed by atoms with Gasteiger partial charge in [0.25, 0.3) is 11.7 Å². The van der Waals surface area contributed by atoms with Crippen LogP contribution < -0.4 is 14.2 Å². The molecule has 1 aliphatic heterocycles. The summed E-state index contributed by atoms with van der Waals surface area (Å²) in [5.41, 5.74) is 0.765. The number of likely N-dealkylation sites (N-methyl/N-ethyl adjacent to an activating group) is 1. The smallest absolute Gasteiger partial charge is 0.295 e. The number of ketones is 1. The molecule has 0 unspecified atom stereocenters. The van der Waals surface area contributed by atoms with Crippen molar-refractivity contribution in [3.8, 4) is 17.2 Å². The van der Waals surface area contributed by atoms with Gasteiger partial charge in [0.2, 0.25) is 0 Å². The maximum atomic E-state index is 13.2. The maximum absolute atomic E-state index is 13.2. The van der Waals surface area contributed by atoms with Crippen molar-refractivity contribution in [1.82, 2.24) is 9.80 Å². The Hall–Kier alpha value is -3.23. The lowest BCUT2D eigenvalue weighted by atomic mass is 9.94. The number of methoxy groups -OCH3 is 3. The Kier molecular flexibility index (Phi) is 7.50. The van der Waals surface area contributed by atoms with Crippen LogP contribution in [-0.4, -0.2) is 75.1 Å². The van der Waals surface area contributed by atoms with E-state index in [-0.39, 0.29) is 22.9 Å². The molecule has 176 valence electrons. The summed E-state index contributed by atoms with van der Waals surface area (Å²) in [5.74, 6) is -0.417. The van der Waals surface area contributed by atoms with E-state index in [4.69, 9.17) is 25.8 Å². The van der Waals surface area contributed by atoms with Crippen molar-refractivity contribution in [2.75, 3.05) is 48.5 Å². The zero-order valence-electron chi connectivity index (χ0n) is 19.2. The molecule has 0 saturated carbocycles. The fraction of sp³-hybridized carbons (Fsp3) is 0.333. The summed E-state index contributed by atoms with van der Waals surface area (Å²) >= 11 is 6.24. The van der Waals surface area contributed by atoms with Gasteiger partial charge in [-0.2, -0.15) is 0 Å². The van der Waals surface area contributed by atoms with Crippen LogP contribution in [0.4, 0.5) is 0 Å². The zero-order valence-corrected chi connectivity index (χ0v) is 20.0. The van der Waals surface area contributed by atoms with E-state index < -0.39 is 17.7 Å². The minimum atomic E-state index is -0.879. The largest absolute Gasteiger partial charge is 0.507 e. The number of hydrogen-bond donors (Lipinski definition) is 1. The van der Waals surface area contributed by atoms with Crippen LogP contribution in [0, 0.1) is 0 Å². The molecule has 9 heteroatoms. The molecule has 1 aliphatic rings. The third-order valence-corrected chi connectivity index (χ3v) is 5.78. The van der Waals surface area contributed by atoms with Gasteiger partial charge in [-0.1, -0.05) is 11.6 Å². The number of hydrogen-bond acceptors (Lipinski definition) is 7. The molecule has 2 aromatic rings. The highest BCUT2D eigenvalue weighted by Crippen LogP contribution is 2.44. The molecule has 0 spiro atoms. The van der Waals surface area contributed by atoms with Crippen LogP contribution in [0.3, 0.4) is 0 Å². The number of aliphatic hydroxyl groups excluding tert-OH is 1. The summed E-state index contributed by atoms with van der Waals surface area (Å²) in [6.07, 6.45) is 0. The first-order valence-corrected chi connectivity index (χ1v) is 10.6. The molecule has 1 N–H and O–H groups in total. The van der Waals surface area contributed by atoms with Gasteiger partial charge in [-0.05, 0) is 50.5 Å². The second-order valence-electron chi connectivity index (χ2n) is 7.75. The molecule has 3 rings (SSSR count). The van der Waals surface area contributed by atoms with E-state index in [9.17, 15) is 14.7 Å². The monoisotopic (exact) mass is 474 g/mol. The molecule has 0 bridgehead atoms. The second-order valence-corrected chi connectivity index (χ2v) is 8.16. The highest BCUT2D eigenvalue weighted by atomic mass is 35.5. The van der Waals surface area contributed by atoms with Crippen molar-refractivity contribution < 1.29 is 28.9 Å². The standard InChI is InChI=1S/C24H27ClN2O6/c1-26(2)10-11-27-21(16-13-15(31-3)7-9-18(16)32-4)20(23(29)24(27)30)22(28)14-6-8-19(33-5)17(25)12-14/h6-9,12-13,21,28H,10-11H2,1-5H3/b22-20+/t21-/m0/s1. The molecule has 2 aromatic carbocycles. The predicted octanol–water partition coefficient (Wildman–Crippen LogP) is 3.35. The number of carbonyl (C=O) groups is 2. The Balaban J connectivity index is 2.24. The SMILES string of the molecule is COc1ccc(OC)c([C@H]2/C(=C(\O)c3ccc(OC)c(Cl)c3)C(=O)C(=O)N2CCN(C)C)c1. The Bertz CT molecular complexity index is 1100. The third-order valence-electron chi connectivity index (χ3n) is 5.48. The number of Topliss-reactive ketones (excluding diaryl/α,β-unsaturated/α-hetero) is 1. The van der Waals surface area contributed by atoms with E-state index in [0.29, 0.717) is 34.9 Å². The summed E-state index contributed by atoms with van der Waals surface area (Å²) in [7, 11) is 8.24. The van der Waals surface area contributed by atoms with Crippen LogP contribution in [0.15, 0.2) is 42.0 Å². The predicted molar refractivity (Wildman–Crippen MR) is 125 cm³/mol. The van der Waals surface area contributed by atoms with Gasteiger partial charge in [-0.25, -0.2) is 0 Å². The molecular formula is C24H27ClN2O6. The van der Waals surface area contributed by atoms with Crippen LogP contribution in [0.25, 0.3) is 5.76 Å². The molecule has 1 fully saturated rings. The van der Waals surface area contributed by atoms with Gasteiger partial charge in [0.1, 0.15) is 23.0 Å². The number of likely N-dealkylation sites (tertiary alicyclic amines) is 1. The number of halogens is 1. The van der Waals surface area contributed by atoms with Crippen LogP contribution in [-0.2, 0) is 9.59 Å². The number of carbonyl (C=O) groups excluding carboxylic acids is 2. The summed E-state index contributed by atoms with van der Waals surface area (Å²) in [5, 5.41) is 11.5. The van der Waals surface area contributed by atoms with Gasteiger partial charge in [-0.15, -0.1) is 0 Å². The van der Waals surface area contributed by atoms with Gasteiger partial charge in [0.05, 0.1) is 38.0 Å². The number of nitrogens with zero attached hydrogens (tertiary/aromatic N) is 2. The highest BCUT2D eigenvalue weighted by Gasteiger charge is 2.47. The minimum Gasteiger partial charge on any atom is -0.507 e. The van der Waals surface area contributed by atoms with E-state index in [1.807, 2.05) is 19.0 Å². The molecule has 8 nitrogen and oxygen atoms in total. The summed E-state index contributed by atoms with van der Waals surface area (Å²) < 4.78 is 16.1. The first-order valence-electron chi connectivity index (χ1n) is 10.2. The normalized spacial score (nSPS) is 17.5. The van der Waals surface area contributed by atoms with Crippen LogP contribution >= 0.6 is 11.6 Å². The Morgan fingerprint density at radius 3 is 2.27 bits per heavy atom. The average Bonchev–Trinajstić information content (AvgIpc) is 3.06. The Morgan fingerprint density at radius 2 is 1.70 bits per heavy atom. The molecular weight excluding hydrogens is 448 g/mol. The molecule has 0 radical (unpaired) electrons. The highest BCUT2D eigenvalue weighted by molar-refractivity contribution is 6.46. The lowest BCUT2D eigenvalue weighted by Gasteiger charge is -2.28. The van der Waals surface area contributed by atoms with Crippen molar-refractivity contribution in [3.63, 3.8) is 0 Å². The molecule has 1 saturated heterocycles. The zero-order chi connectivity index (χ0) is 24.3. The van der Waals surface area contributed by atoms with E-state index in [1.54, 1.807) is 30.3 Å². The quantitative estimate of drug-likeness (QED) is 0.356. The van der Waals surface area contributed by atoms with Crippen molar-refractivity contribution in [1.29, 1.82) is 0 Å². The van der Waals surface area contributed by atoms with E-state index in [0.717, 1.165) is 0 Å². The third kappa shape index (κ3) is 4.77. The van der Waals surface area contributed by atoms with Gasteiger partial charge in [0, 0.05) is 24.2 Å². The van der Waals surface area contributed by atoms with E-state index >= 15 is 0 Å². The lowest BCUT2D eigenvalue weighted by molar-refractivity contribution is -0.140.